The molecule has 0 radical (unpaired) electrons. The van der Waals surface area contributed by atoms with Crippen LogP contribution in [-0.4, -0.2) is 28.3 Å². The zero-order valence-electron chi connectivity index (χ0n) is 17.2. The summed E-state index contributed by atoms with van der Waals surface area (Å²) in [5.74, 6) is 0.526. The van der Waals surface area contributed by atoms with E-state index in [-0.39, 0.29) is 24.2 Å². The van der Waals surface area contributed by atoms with E-state index in [4.69, 9.17) is 4.74 Å². The molecule has 3 aromatic rings. The quantitative estimate of drug-likeness (QED) is 0.638. The number of amides is 2. The summed E-state index contributed by atoms with van der Waals surface area (Å²) in [5, 5.41) is 5.72. The fourth-order valence-corrected chi connectivity index (χ4v) is 3.15. The third-order valence-corrected chi connectivity index (χ3v) is 4.50. The van der Waals surface area contributed by atoms with Gasteiger partial charge in [0.25, 0.3) is 0 Å². The van der Waals surface area contributed by atoms with E-state index in [2.05, 4.69) is 15.6 Å². The number of aryl methyl sites for hydroxylation is 1. The van der Waals surface area contributed by atoms with E-state index in [1.54, 1.807) is 24.4 Å². The highest BCUT2D eigenvalue weighted by atomic mass is 16.5. The molecule has 0 aliphatic rings. The normalized spacial score (nSPS) is 10.9. The number of fused-ring (bicyclic) bond motifs is 1. The Morgan fingerprint density at radius 3 is 2.69 bits per heavy atom. The van der Waals surface area contributed by atoms with Crippen LogP contribution < -0.4 is 15.4 Å². The number of carbonyl (C=O) groups excluding carboxylic acids is 2. The van der Waals surface area contributed by atoms with Gasteiger partial charge in [-0.3, -0.25) is 9.59 Å². The number of ether oxygens (including phenoxy) is 1. The SMILES string of the molecule is COc1cc(NC(=O)Cc2cnc3c(C)cccn23)ccc1NC(=O)CC(C)C. The van der Waals surface area contributed by atoms with E-state index in [1.807, 2.05) is 43.5 Å². The van der Waals surface area contributed by atoms with E-state index in [0.717, 1.165) is 16.9 Å². The average Bonchev–Trinajstić information content (AvgIpc) is 3.06. The number of benzene rings is 1. The second-order valence-electron chi connectivity index (χ2n) is 7.42. The Hall–Kier alpha value is -3.35. The second kappa shape index (κ2) is 8.77. The standard InChI is InChI=1S/C22H26N4O3/c1-14(2)10-20(27)25-18-8-7-16(11-19(18)29-4)24-21(28)12-17-13-23-22-15(3)6-5-9-26(17)22/h5-9,11,13-14H,10,12H2,1-4H3,(H,24,28)(H,25,27). The van der Waals surface area contributed by atoms with Crippen LogP contribution in [0.3, 0.4) is 0 Å². The number of rotatable bonds is 7. The summed E-state index contributed by atoms with van der Waals surface area (Å²) in [5.41, 5.74) is 3.88. The van der Waals surface area contributed by atoms with Crippen LogP contribution in [0.15, 0.2) is 42.7 Å². The van der Waals surface area contributed by atoms with Crippen LogP contribution in [-0.2, 0) is 16.0 Å². The molecule has 2 amide bonds. The van der Waals surface area contributed by atoms with Gasteiger partial charge in [0.05, 0.1) is 24.9 Å². The molecule has 7 heteroatoms. The van der Waals surface area contributed by atoms with Crippen LogP contribution in [0, 0.1) is 12.8 Å². The molecule has 1 aromatic carbocycles. The summed E-state index contributed by atoms with van der Waals surface area (Å²) in [6, 6.07) is 9.08. The molecule has 7 nitrogen and oxygen atoms in total. The minimum atomic E-state index is -0.160. The molecule has 0 atom stereocenters. The van der Waals surface area contributed by atoms with Gasteiger partial charge in [-0.2, -0.15) is 0 Å². The Bertz CT molecular complexity index is 1040. The first-order valence-electron chi connectivity index (χ1n) is 9.56. The largest absolute Gasteiger partial charge is 0.494 e. The summed E-state index contributed by atoms with van der Waals surface area (Å²) < 4.78 is 7.29. The van der Waals surface area contributed by atoms with E-state index >= 15 is 0 Å². The molecule has 0 saturated heterocycles. The summed E-state index contributed by atoms with van der Waals surface area (Å²) in [6.45, 7) is 5.96. The number of imidazole rings is 1. The fraction of sp³-hybridized carbons (Fsp3) is 0.318. The third-order valence-electron chi connectivity index (χ3n) is 4.50. The smallest absolute Gasteiger partial charge is 0.230 e. The van der Waals surface area contributed by atoms with Gasteiger partial charge in [0.15, 0.2) is 0 Å². The van der Waals surface area contributed by atoms with Crippen molar-refractivity contribution in [3.8, 4) is 5.75 Å². The van der Waals surface area contributed by atoms with Crippen LogP contribution in [0.1, 0.15) is 31.5 Å². The molecule has 2 aromatic heterocycles. The number of nitrogens with one attached hydrogen (secondary N) is 2. The zero-order valence-corrected chi connectivity index (χ0v) is 17.2. The number of pyridine rings is 1. The molecular formula is C22H26N4O3. The number of hydrogen-bond donors (Lipinski definition) is 2. The van der Waals surface area contributed by atoms with Crippen molar-refractivity contribution in [2.24, 2.45) is 5.92 Å². The lowest BCUT2D eigenvalue weighted by Gasteiger charge is -2.13. The zero-order chi connectivity index (χ0) is 21.0. The van der Waals surface area contributed by atoms with E-state index in [0.29, 0.717) is 23.5 Å². The molecule has 0 aliphatic carbocycles. The molecule has 0 fully saturated rings. The number of nitrogens with zero attached hydrogens (tertiary/aromatic N) is 2. The molecule has 0 spiro atoms. The number of hydrogen-bond acceptors (Lipinski definition) is 4. The molecule has 29 heavy (non-hydrogen) atoms. The van der Waals surface area contributed by atoms with E-state index in [9.17, 15) is 9.59 Å². The molecule has 2 heterocycles. The molecule has 152 valence electrons. The fourth-order valence-electron chi connectivity index (χ4n) is 3.15. The summed E-state index contributed by atoms with van der Waals surface area (Å²) in [7, 11) is 1.53. The maximum Gasteiger partial charge on any atom is 0.230 e. The summed E-state index contributed by atoms with van der Waals surface area (Å²) >= 11 is 0. The molecule has 0 aliphatic heterocycles. The highest BCUT2D eigenvalue weighted by Crippen LogP contribution is 2.28. The van der Waals surface area contributed by atoms with Crippen molar-refractivity contribution in [2.45, 2.75) is 33.6 Å². The first kappa shape index (κ1) is 20.4. The lowest BCUT2D eigenvalue weighted by molar-refractivity contribution is -0.117. The van der Waals surface area contributed by atoms with Gasteiger partial charge in [-0.25, -0.2) is 4.98 Å². The van der Waals surface area contributed by atoms with Crippen LogP contribution >= 0.6 is 0 Å². The van der Waals surface area contributed by atoms with Gasteiger partial charge >= 0.3 is 0 Å². The van der Waals surface area contributed by atoms with E-state index < -0.39 is 0 Å². The van der Waals surface area contributed by atoms with Gasteiger partial charge in [-0.15, -0.1) is 0 Å². The molecule has 0 bridgehead atoms. The summed E-state index contributed by atoms with van der Waals surface area (Å²) in [4.78, 5) is 28.9. The van der Waals surface area contributed by atoms with Crippen molar-refractivity contribution in [3.63, 3.8) is 0 Å². The first-order valence-corrected chi connectivity index (χ1v) is 9.56. The van der Waals surface area contributed by atoms with Gasteiger partial charge in [0, 0.05) is 30.6 Å². The van der Waals surface area contributed by atoms with Crippen molar-refractivity contribution >= 4 is 28.8 Å². The highest BCUT2D eigenvalue weighted by Gasteiger charge is 2.13. The van der Waals surface area contributed by atoms with E-state index in [1.165, 1.54) is 7.11 Å². The predicted octanol–water partition coefficient (Wildman–Crippen LogP) is 3.82. The Labute approximate surface area is 170 Å². The van der Waals surface area contributed by atoms with Crippen molar-refractivity contribution in [3.05, 3.63) is 54.0 Å². The van der Waals surface area contributed by atoms with Gasteiger partial charge in [-0.1, -0.05) is 19.9 Å². The molecule has 0 unspecified atom stereocenters. The molecular weight excluding hydrogens is 368 g/mol. The number of anilines is 2. The maximum atomic E-state index is 12.5. The Morgan fingerprint density at radius 2 is 1.97 bits per heavy atom. The number of carbonyl (C=O) groups is 2. The summed E-state index contributed by atoms with van der Waals surface area (Å²) in [6.07, 6.45) is 4.24. The number of aromatic nitrogens is 2. The number of methoxy groups -OCH3 is 1. The molecule has 3 rings (SSSR count). The Kier molecular flexibility index (Phi) is 6.16. The maximum absolute atomic E-state index is 12.5. The van der Waals surface area contributed by atoms with Crippen LogP contribution in [0.4, 0.5) is 11.4 Å². The second-order valence-corrected chi connectivity index (χ2v) is 7.42. The van der Waals surface area contributed by atoms with Gasteiger partial charge in [0.2, 0.25) is 11.8 Å². The highest BCUT2D eigenvalue weighted by molar-refractivity contribution is 5.95. The van der Waals surface area contributed by atoms with Gasteiger partial charge in [-0.05, 0) is 36.6 Å². The minimum absolute atomic E-state index is 0.0713. The lowest BCUT2D eigenvalue weighted by atomic mass is 10.1. The Morgan fingerprint density at radius 1 is 1.17 bits per heavy atom. The first-order chi connectivity index (χ1) is 13.9. The monoisotopic (exact) mass is 394 g/mol. The van der Waals surface area contributed by atoms with Crippen molar-refractivity contribution in [1.29, 1.82) is 0 Å². The van der Waals surface area contributed by atoms with Crippen LogP contribution in [0.25, 0.3) is 5.65 Å². The molecule has 2 N–H and O–H groups in total. The van der Waals surface area contributed by atoms with Crippen molar-refractivity contribution in [2.75, 3.05) is 17.7 Å². The molecule has 0 saturated carbocycles. The lowest BCUT2D eigenvalue weighted by Crippen LogP contribution is -2.16. The topological polar surface area (TPSA) is 84.7 Å². The van der Waals surface area contributed by atoms with Gasteiger partial charge in [0.1, 0.15) is 11.4 Å². The van der Waals surface area contributed by atoms with Gasteiger partial charge < -0.3 is 19.8 Å². The average molecular weight is 394 g/mol. The van der Waals surface area contributed by atoms with Crippen molar-refractivity contribution in [1.82, 2.24) is 9.38 Å². The third kappa shape index (κ3) is 4.93. The Balaban J connectivity index is 1.70. The van der Waals surface area contributed by atoms with Crippen molar-refractivity contribution < 1.29 is 14.3 Å². The van der Waals surface area contributed by atoms with Crippen LogP contribution in [0.2, 0.25) is 0 Å². The van der Waals surface area contributed by atoms with Crippen LogP contribution in [0.5, 0.6) is 5.75 Å². The minimum Gasteiger partial charge on any atom is -0.494 e. The predicted molar refractivity (Wildman–Crippen MR) is 113 cm³/mol.